The van der Waals surface area contributed by atoms with Crippen LogP contribution < -0.4 is 10.1 Å². The molecule has 3 amide bonds. The Morgan fingerprint density at radius 3 is 2.24 bits per heavy atom. The van der Waals surface area contributed by atoms with Gasteiger partial charge in [-0.1, -0.05) is 13.8 Å². The Bertz CT molecular complexity index is 831. The monoisotopic (exact) mass is 461 g/mol. The fourth-order valence-electron chi connectivity index (χ4n) is 3.72. The number of carbonyl (C=O) groups is 4. The molecule has 9 heteroatoms. The third kappa shape index (κ3) is 7.20. The summed E-state index contributed by atoms with van der Waals surface area (Å²) in [6.45, 7) is 6.60. The highest BCUT2D eigenvalue weighted by Gasteiger charge is 2.31. The van der Waals surface area contributed by atoms with Gasteiger partial charge in [0.25, 0.3) is 5.91 Å². The third-order valence-corrected chi connectivity index (χ3v) is 5.79. The van der Waals surface area contributed by atoms with Gasteiger partial charge in [-0.05, 0) is 49.9 Å². The molecule has 1 aliphatic rings. The number of hydrogen-bond donors (Lipinski definition) is 1. The number of rotatable bonds is 9. The highest BCUT2D eigenvalue weighted by molar-refractivity contribution is 5.98. The molecule has 1 fully saturated rings. The molecule has 1 N–H and O–H groups in total. The fraction of sp³-hybridized carbons (Fsp3) is 0.583. The number of piperidine rings is 1. The molecule has 0 radical (unpaired) electrons. The molecule has 9 nitrogen and oxygen atoms in total. The van der Waals surface area contributed by atoms with E-state index in [1.807, 2.05) is 13.8 Å². The van der Waals surface area contributed by atoms with Gasteiger partial charge in [-0.15, -0.1) is 0 Å². The average molecular weight is 462 g/mol. The topological polar surface area (TPSA) is 105 Å². The van der Waals surface area contributed by atoms with Crippen LogP contribution in [0.2, 0.25) is 0 Å². The molecular weight excluding hydrogens is 426 g/mol. The van der Waals surface area contributed by atoms with Gasteiger partial charge in [0.1, 0.15) is 11.8 Å². The lowest BCUT2D eigenvalue weighted by Crippen LogP contribution is -2.53. The molecule has 0 saturated carbocycles. The van der Waals surface area contributed by atoms with E-state index < -0.39 is 6.04 Å². The molecule has 1 atom stereocenters. The molecule has 1 unspecified atom stereocenters. The molecule has 0 aromatic heterocycles. The normalized spacial score (nSPS) is 15.0. The molecule has 0 spiro atoms. The van der Waals surface area contributed by atoms with Gasteiger partial charge >= 0.3 is 5.97 Å². The van der Waals surface area contributed by atoms with Crippen LogP contribution in [0.5, 0.6) is 5.75 Å². The third-order valence-electron chi connectivity index (χ3n) is 5.79. The van der Waals surface area contributed by atoms with Crippen molar-refractivity contribution in [1.82, 2.24) is 15.1 Å². The summed E-state index contributed by atoms with van der Waals surface area (Å²) in [7, 11) is 3.10. The summed E-state index contributed by atoms with van der Waals surface area (Å²) in [4.78, 5) is 53.3. The summed E-state index contributed by atoms with van der Waals surface area (Å²) >= 11 is 0. The Kier molecular flexibility index (Phi) is 9.69. The molecule has 1 aliphatic heterocycles. The van der Waals surface area contributed by atoms with Gasteiger partial charge in [-0.3, -0.25) is 19.2 Å². The SMILES string of the molecule is CCOC(=O)C1CCN(C(=O)CN(C)C(=O)C(NC(=O)c2ccc(OC)cc2)C(C)C)CC1. The maximum atomic E-state index is 13.0. The minimum Gasteiger partial charge on any atom is -0.497 e. The maximum absolute atomic E-state index is 13.0. The van der Waals surface area contributed by atoms with Crippen LogP contribution >= 0.6 is 0 Å². The summed E-state index contributed by atoms with van der Waals surface area (Å²) in [5.41, 5.74) is 0.414. The summed E-state index contributed by atoms with van der Waals surface area (Å²) < 4.78 is 10.2. The molecule has 1 heterocycles. The quantitative estimate of drug-likeness (QED) is 0.562. The van der Waals surface area contributed by atoms with Crippen molar-refractivity contribution in [3.63, 3.8) is 0 Å². The standard InChI is InChI=1S/C24H35N3O6/c1-6-33-24(31)18-11-13-27(14-12-18)20(28)15-26(4)23(30)21(16(2)3)25-22(29)17-7-9-19(32-5)10-8-17/h7-10,16,18,21H,6,11-15H2,1-5H3,(H,25,29). The van der Waals surface area contributed by atoms with Crippen molar-refractivity contribution in [3.8, 4) is 5.75 Å². The molecule has 1 aromatic carbocycles. The zero-order valence-corrected chi connectivity index (χ0v) is 20.1. The van der Waals surface area contributed by atoms with E-state index in [1.54, 1.807) is 50.2 Å². The highest BCUT2D eigenvalue weighted by atomic mass is 16.5. The first-order valence-corrected chi connectivity index (χ1v) is 11.3. The number of benzene rings is 1. The van der Waals surface area contributed by atoms with Crippen molar-refractivity contribution in [3.05, 3.63) is 29.8 Å². The van der Waals surface area contributed by atoms with E-state index >= 15 is 0 Å². The number of amides is 3. The summed E-state index contributed by atoms with van der Waals surface area (Å²) in [5, 5.41) is 2.79. The summed E-state index contributed by atoms with van der Waals surface area (Å²) in [6, 6.07) is 5.84. The van der Waals surface area contributed by atoms with Gasteiger partial charge in [0.05, 0.1) is 26.2 Å². The number of esters is 1. The van der Waals surface area contributed by atoms with Crippen LogP contribution in [0.15, 0.2) is 24.3 Å². The number of carbonyl (C=O) groups excluding carboxylic acids is 4. The van der Waals surface area contributed by atoms with Gasteiger partial charge in [-0.2, -0.15) is 0 Å². The predicted octanol–water partition coefficient (Wildman–Crippen LogP) is 1.71. The van der Waals surface area contributed by atoms with Gasteiger partial charge < -0.3 is 24.6 Å². The molecule has 2 rings (SSSR count). The maximum Gasteiger partial charge on any atom is 0.309 e. The number of nitrogens with one attached hydrogen (secondary N) is 1. The zero-order chi connectivity index (χ0) is 24.5. The number of likely N-dealkylation sites (tertiary alicyclic amines) is 1. The lowest BCUT2D eigenvalue weighted by molar-refractivity contribution is -0.151. The summed E-state index contributed by atoms with van der Waals surface area (Å²) in [6.07, 6.45) is 1.10. The van der Waals surface area contributed by atoms with E-state index in [0.29, 0.717) is 43.9 Å². The van der Waals surface area contributed by atoms with Crippen LogP contribution in [-0.2, 0) is 19.1 Å². The van der Waals surface area contributed by atoms with Crippen molar-refractivity contribution >= 4 is 23.7 Å². The lowest BCUT2D eigenvalue weighted by Gasteiger charge is -2.33. The molecule has 1 saturated heterocycles. The zero-order valence-electron chi connectivity index (χ0n) is 20.1. The van der Waals surface area contributed by atoms with Crippen LogP contribution in [-0.4, -0.2) is 79.9 Å². The number of likely N-dealkylation sites (N-methyl/N-ethyl adjacent to an activating group) is 1. The van der Waals surface area contributed by atoms with Crippen molar-refractivity contribution < 1.29 is 28.7 Å². The number of ether oxygens (including phenoxy) is 2. The molecule has 0 aliphatic carbocycles. The Morgan fingerprint density at radius 1 is 1.12 bits per heavy atom. The first-order valence-electron chi connectivity index (χ1n) is 11.3. The molecule has 33 heavy (non-hydrogen) atoms. The van der Waals surface area contributed by atoms with E-state index in [2.05, 4.69) is 5.32 Å². The van der Waals surface area contributed by atoms with Crippen LogP contribution in [0.25, 0.3) is 0 Å². The fourth-order valence-corrected chi connectivity index (χ4v) is 3.72. The predicted molar refractivity (Wildman–Crippen MR) is 123 cm³/mol. The van der Waals surface area contributed by atoms with E-state index in [-0.39, 0.29) is 42.1 Å². The second-order valence-corrected chi connectivity index (χ2v) is 8.53. The Balaban J connectivity index is 1.93. The molecule has 1 aromatic rings. The van der Waals surface area contributed by atoms with Crippen molar-refractivity contribution in [2.45, 2.75) is 39.7 Å². The number of nitrogens with zero attached hydrogens (tertiary/aromatic N) is 2. The van der Waals surface area contributed by atoms with Crippen molar-refractivity contribution in [2.24, 2.45) is 11.8 Å². The first-order chi connectivity index (χ1) is 15.7. The first kappa shape index (κ1) is 26.2. The lowest BCUT2D eigenvalue weighted by atomic mass is 9.97. The summed E-state index contributed by atoms with van der Waals surface area (Å²) in [5.74, 6) is -0.828. The number of hydrogen-bond acceptors (Lipinski definition) is 6. The minimum atomic E-state index is -0.771. The van der Waals surface area contributed by atoms with Crippen LogP contribution in [0, 0.1) is 11.8 Å². The van der Waals surface area contributed by atoms with Gasteiger partial charge in [0, 0.05) is 25.7 Å². The van der Waals surface area contributed by atoms with E-state index in [0.717, 1.165) is 0 Å². The second-order valence-electron chi connectivity index (χ2n) is 8.53. The van der Waals surface area contributed by atoms with Gasteiger partial charge in [0.2, 0.25) is 11.8 Å². The molecule has 0 bridgehead atoms. The van der Waals surface area contributed by atoms with E-state index in [1.165, 1.54) is 4.90 Å². The second kappa shape index (κ2) is 12.2. The molecule has 182 valence electrons. The smallest absolute Gasteiger partial charge is 0.309 e. The van der Waals surface area contributed by atoms with Crippen LogP contribution in [0.3, 0.4) is 0 Å². The highest BCUT2D eigenvalue weighted by Crippen LogP contribution is 2.19. The van der Waals surface area contributed by atoms with Gasteiger partial charge in [0.15, 0.2) is 0 Å². The Hall–Kier alpha value is -3.10. The Morgan fingerprint density at radius 2 is 1.73 bits per heavy atom. The van der Waals surface area contributed by atoms with Crippen LogP contribution in [0.4, 0.5) is 0 Å². The van der Waals surface area contributed by atoms with Crippen molar-refractivity contribution in [2.75, 3.05) is 40.4 Å². The number of methoxy groups -OCH3 is 1. The van der Waals surface area contributed by atoms with Crippen LogP contribution in [0.1, 0.15) is 44.0 Å². The Labute approximate surface area is 195 Å². The largest absolute Gasteiger partial charge is 0.497 e. The van der Waals surface area contributed by atoms with Crippen molar-refractivity contribution in [1.29, 1.82) is 0 Å². The molecular formula is C24H35N3O6. The minimum absolute atomic E-state index is 0.0927. The van der Waals surface area contributed by atoms with E-state index in [9.17, 15) is 19.2 Å². The average Bonchev–Trinajstić information content (AvgIpc) is 2.81. The van der Waals surface area contributed by atoms with Gasteiger partial charge in [-0.25, -0.2) is 0 Å². The van der Waals surface area contributed by atoms with E-state index in [4.69, 9.17) is 9.47 Å².